The van der Waals surface area contributed by atoms with E-state index in [1.807, 2.05) is 0 Å². The quantitative estimate of drug-likeness (QED) is 0.217. The molecular formula is C38H22O. The van der Waals surface area contributed by atoms with Crippen LogP contribution in [0, 0.1) is 0 Å². The minimum atomic E-state index is 0.910. The van der Waals surface area contributed by atoms with Crippen LogP contribution in [0.3, 0.4) is 0 Å². The molecule has 0 saturated heterocycles. The molecule has 9 rings (SSSR count). The van der Waals surface area contributed by atoms with Gasteiger partial charge in [-0.3, -0.25) is 0 Å². The Bertz CT molecular complexity index is 2230. The lowest BCUT2D eigenvalue weighted by Gasteiger charge is -2.22. The van der Waals surface area contributed by atoms with Gasteiger partial charge in [0.15, 0.2) is 0 Å². The first-order valence-corrected chi connectivity index (χ1v) is 13.4. The zero-order valence-corrected chi connectivity index (χ0v) is 21.1. The summed E-state index contributed by atoms with van der Waals surface area (Å²) in [5, 5.41) is 10.3. The van der Waals surface area contributed by atoms with E-state index in [1.165, 1.54) is 70.9 Å². The first-order valence-electron chi connectivity index (χ1n) is 13.4. The van der Waals surface area contributed by atoms with E-state index in [2.05, 4.69) is 133 Å². The van der Waals surface area contributed by atoms with Gasteiger partial charge in [0.25, 0.3) is 0 Å². The zero-order valence-electron chi connectivity index (χ0n) is 21.1. The molecule has 0 fully saturated rings. The fourth-order valence-corrected chi connectivity index (χ4v) is 6.60. The van der Waals surface area contributed by atoms with Crippen LogP contribution in [-0.4, -0.2) is 0 Å². The molecule has 180 valence electrons. The molecule has 8 aromatic carbocycles. The van der Waals surface area contributed by atoms with E-state index in [-0.39, 0.29) is 0 Å². The van der Waals surface area contributed by atoms with Crippen molar-refractivity contribution in [3.63, 3.8) is 0 Å². The minimum absolute atomic E-state index is 0.910. The Labute approximate surface area is 225 Å². The first kappa shape index (κ1) is 20.9. The van der Waals surface area contributed by atoms with Crippen molar-refractivity contribution in [2.75, 3.05) is 0 Å². The monoisotopic (exact) mass is 494 g/mol. The molecule has 1 heterocycles. The summed E-state index contributed by atoms with van der Waals surface area (Å²) in [7, 11) is 0. The number of benzene rings is 8. The van der Waals surface area contributed by atoms with Gasteiger partial charge >= 0.3 is 0 Å². The molecule has 1 nitrogen and oxygen atoms in total. The van der Waals surface area contributed by atoms with Crippen LogP contribution in [0.15, 0.2) is 133 Å². The lowest BCUT2D eigenvalue weighted by atomic mass is 9.88. The maximum Gasteiger partial charge on any atom is 0.135 e. The number of rotatable bonds is 2. The van der Waals surface area contributed by atoms with Crippen LogP contribution in [0.5, 0.6) is 11.5 Å². The predicted molar refractivity (Wildman–Crippen MR) is 164 cm³/mol. The molecular weight excluding hydrogens is 472 g/mol. The highest BCUT2D eigenvalue weighted by Crippen LogP contribution is 2.47. The van der Waals surface area contributed by atoms with Crippen LogP contribution >= 0.6 is 0 Å². The molecule has 1 heteroatoms. The summed E-state index contributed by atoms with van der Waals surface area (Å²) in [5.41, 5.74) is 7.26. The molecule has 0 N–H and O–H groups in total. The molecule has 0 bridgehead atoms. The van der Waals surface area contributed by atoms with E-state index < -0.39 is 0 Å². The minimum Gasteiger partial charge on any atom is -0.456 e. The van der Waals surface area contributed by atoms with E-state index in [1.54, 1.807) is 0 Å². The van der Waals surface area contributed by atoms with Gasteiger partial charge in [-0.15, -0.1) is 0 Å². The van der Waals surface area contributed by atoms with Gasteiger partial charge in [-0.1, -0.05) is 109 Å². The smallest absolute Gasteiger partial charge is 0.135 e. The van der Waals surface area contributed by atoms with Gasteiger partial charge in [0.2, 0.25) is 0 Å². The standard InChI is InChI=1S/C38H22O/c1-5-24-13-14-26-15-18-30(32-19-16-25(6-1)36(24)38(26)32)29-10-2-9-27(21-29)28-17-20-34-33(22-28)31-11-3-7-23-8-4-12-35(39-34)37(23)31/h1-22H. The topological polar surface area (TPSA) is 9.23 Å². The largest absolute Gasteiger partial charge is 0.456 e. The Morgan fingerprint density at radius 2 is 0.974 bits per heavy atom. The second kappa shape index (κ2) is 7.69. The summed E-state index contributed by atoms with van der Waals surface area (Å²) in [5.74, 6) is 1.84. The second-order valence-corrected chi connectivity index (χ2v) is 10.5. The Kier molecular flexibility index (Phi) is 4.11. The second-order valence-electron chi connectivity index (χ2n) is 10.5. The van der Waals surface area contributed by atoms with Gasteiger partial charge < -0.3 is 4.74 Å². The van der Waals surface area contributed by atoms with E-state index in [4.69, 9.17) is 4.74 Å². The highest BCUT2D eigenvalue weighted by molar-refractivity contribution is 6.25. The molecule has 8 aromatic rings. The zero-order chi connectivity index (χ0) is 25.5. The van der Waals surface area contributed by atoms with Crippen LogP contribution < -0.4 is 4.74 Å². The summed E-state index contributed by atoms with van der Waals surface area (Å²) in [6.45, 7) is 0. The Hall–Kier alpha value is -5.14. The third kappa shape index (κ3) is 2.96. The van der Waals surface area contributed by atoms with Gasteiger partial charge in [0.05, 0.1) is 0 Å². The molecule has 0 spiro atoms. The summed E-state index contributed by atoms with van der Waals surface area (Å²) in [4.78, 5) is 0. The Balaban J connectivity index is 1.22. The Morgan fingerprint density at radius 3 is 1.85 bits per heavy atom. The number of hydrogen-bond donors (Lipinski definition) is 0. The average Bonchev–Trinajstić information content (AvgIpc) is 3.00. The number of hydrogen-bond acceptors (Lipinski definition) is 1. The highest BCUT2D eigenvalue weighted by atomic mass is 16.5. The van der Waals surface area contributed by atoms with Crippen molar-refractivity contribution in [2.45, 2.75) is 0 Å². The molecule has 0 atom stereocenters. The first-order chi connectivity index (χ1) is 19.3. The van der Waals surface area contributed by atoms with Crippen molar-refractivity contribution in [3.8, 4) is 44.9 Å². The van der Waals surface area contributed by atoms with Gasteiger partial charge in [0, 0.05) is 10.9 Å². The normalized spacial score (nSPS) is 12.3. The lowest BCUT2D eigenvalue weighted by Crippen LogP contribution is -1.97. The van der Waals surface area contributed by atoms with Crippen LogP contribution in [-0.2, 0) is 0 Å². The molecule has 0 aromatic heterocycles. The lowest BCUT2D eigenvalue weighted by molar-refractivity contribution is 0.487. The van der Waals surface area contributed by atoms with Crippen LogP contribution in [0.2, 0.25) is 0 Å². The summed E-state index contributed by atoms with van der Waals surface area (Å²) in [6, 6.07) is 48.4. The predicted octanol–water partition coefficient (Wildman–Crippen LogP) is 10.8. The fourth-order valence-electron chi connectivity index (χ4n) is 6.60. The third-order valence-electron chi connectivity index (χ3n) is 8.39. The van der Waals surface area contributed by atoms with E-state index in [9.17, 15) is 0 Å². The van der Waals surface area contributed by atoms with Crippen LogP contribution in [0.4, 0.5) is 0 Å². The molecule has 0 aliphatic carbocycles. The summed E-state index contributed by atoms with van der Waals surface area (Å²) >= 11 is 0. The molecule has 0 unspecified atom stereocenters. The van der Waals surface area contributed by atoms with Crippen molar-refractivity contribution in [3.05, 3.63) is 133 Å². The Morgan fingerprint density at radius 1 is 0.333 bits per heavy atom. The molecule has 1 aliphatic rings. The van der Waals surface area contributed by atoms with Crippen LogP contribution in [0.1, 0.15) is 0 Å². The van der Waals surface area contributed by atoms with Gasteiger partial charge in [0.1, 0.15) is 11.5 Å². The molecule has 39 heavy (non-hydrogen) atoms. The van der Waals surface area contributed by atoms with Crippen molar-refractivity contribution in [2.24, 2.45) is 0 Å². The van der Waals surface area contributed by atoms with Gasteiger partial charge in [-0.2, -0.15) is 0 Å². The van der Waals surface area contributed by atoms with Crippen molar-refractivity contribution < 1.29 is 4.74 Å². The van der Waals surface area contributed by atoms with E-state index >= 15 is 0 Å². The summed E-state index contributed by atoms with van der Waals surface area (Å²) < 4.78 is 6.34. The van der Waals surface area contributed by atoms with Gasteiger partial charge in [-0.05, 0) is 89.8 Å². The summed E-state index contributed by atoms with van der Waals surface area (Å²) in [6.07, 6.45) is 0. The van der Waals surface area contributed by atoms with E-state index in [0.717, 1.165) is 17.1 Å². The molecule has 0 radical (unpaired) electrons. The fraction of sp³-hybridized carbons (Fsp3) is 0. The maximum atomic E-state index is 6.34. The van der Waals surface area contributed by atoms with Crippen LogP contribution in [0.25, 0.3) is 76.5 Å². The van der Waals surface area contributed by atoms with Crippen molar-refractivity contribution in [1.29, 1.82) is 0 Å². The third-order valence-corrected chi connectivity index (χ3v) is 8.39. The molecule has 0 saturated carbocycles. The highest BCUT2D eigenvalue weighted by Gasteiger charge is 2.20. The number of fused-ring (bicyclic) bond motifs is 2. The van der Waals surface area contributed by atoms with Crippen molar-refractivity contribution in [1.82, 2.24) is 0 Å². The maximum absolute atomic E-state index is 6.34. The van der Waals surface area contributed by atoms with Gasteiger partial charge in [-0.25, -0.2) is 0 Å². The molecule has 1 aliphatic heterocycles. The SMILES string of the molecule is c1cc(-c2ccc3c(c2)-c2cccc4cccc(c24)O3)cc(-c2ccc3ccc4cccc5ccc2c3c45)c1. The average molecular weight is 495 g/mol. The van der Waals surface area contributed by atoms with Crippen molar-refractivity contribution >= 4 is 43.1 Å². The van der Waals surface area contributed by atoms with E-state index in [0.29, 0.717) is 0 Å². The molecule has 0 amide bonds. The number of ether oxygens (including phenoxy) is 1.